The van der Waals surface area contributed by atoms with Crippen LogP contribution in [0.2, 0.25) is 0 Å². The van der Waals surface area contributed by atoms with E-state index in [0.717, 1.165) is 31.6 Å². The van der Waals surface area contributed by atoms with Gasteiger partial charge >= 0.3 is 0 Å². The third kappa shape index (κ3) is 1.77. The van der Waals surface area contributed by atoms with Crippen LogP contribution in [-0.4, -0.2) is 33.9 Å². The number of nitrogens with zero attached hydrogens (tertiary/aromatic N) is 3. The number of aromatic nitrogens is 2. The standard InChI is InChI=1S/C11H19N5/c1-3-9-10-8(14-7-15-10)5-6-16(9)11(12)13-4-2/h7,9H,3-6H2,1-2H3,(H2,12,13)(H,14,15). The molecule has 16 heavy (non-hydrogen) atoms. The molecule has 1 aromatic rings. The summed E-state index contributed by atoms with van der Waals surface area (Å²) in [5, 5.41) is 0. The minimum absolute atomic E-state index is 0.269. The Balaban J connectivity index is 2.27. The van der Waals surface area contributed by atoms with Gasteiger partial charge in [-0.15, -0.1) is 0 Å². The Bertz CT molecular complexity index is 381. The van der Waals surface area contributed by atoms with E-state index in [1.807, 2.05) is 6.92 Å². The minimum Gasteiger partial charge on any atom is -0.370 e. The number of hydrogen-bond donors (Lipinski definition) is 2. The van der Waals surface area contributed by atoms with Gasteiger partial charge in [0.1, 0.15) is 0 Å². The number of guanidine groups is 1. The highest BCUT2D eigenvalue weighted by Crippen LogP contribution is 2.29. The number of fused-ring (bicyclic) bond motifs is 1. The number of hydrogen-bond acceptors (Lipinski definition) is 2. The van der Waals surface area contributed by atoms with Crippen LogP contribution in [0.4, 0.5) is 0 Å². The second-order valence-electron chi connectivity index (χ2n) is 3.97. The molecule has 0 bridgehead atoms. The lowest BCUT2D eigenvalue weighted by Gasteiger charge is -2.35. The van der Waals surface area contributed by atoms with Crippen molar-refractivity contribution < 1.29 is 0 Å². The third-order valence-electron chi connectivity index (χ3n) is 3.05. The smallest absolute Gasteiger partial charge is 0.191 e. The summed E-state index contributed by atoms with van der Waals surface area (Å²) >= 11 is 0. The van der Waals surface area contributed by atoms with E-state index < -0.39 is 0 Å². The minimum atomic E-state index is 0.269. The summed E-state index contributed by atoms with van der Waals surface area (Å²) < 4.78 is 0. The normalized spacial score (nSPS) is 21.0. The van der Waals surface area contributed by atoms with Gasteiger partial charge in [-0.2, -0.15) is 0 Å². The fourth-order valence-electron chi connectivity index (χ4n) is 2.30. The van der Waals surface area contributed by atoms with Crippen molar-refractivity contribution in [3.05, 3.63) is 17.7 Å². The van der Waals surface area contributed by atoms with Crippen LogP contribution in [0.15, 0.2) is 11.3 Å². The molecule has 0 amide bonds. The fourth-order valence-corrected chi connectivity index (χ4v) is 2.30. The Kier molecular flexibility index (Phi) is 3.12. The molecule has 5 heteroatoms. The molecular weight excluding hydrogens is 202 g/mol. The Morgan fingerprint density at radius 3 is 3.19 bits per heavy atom. The first-order valence-electron chi connectivity index (χ1n) is 5.86. The van der Waals surface area contributed by atoms with Gasteiger partial charge in [-0.1, -0.05) is 6.92 Å². The number of imidazole rings is 1. The van der Waals surface area contributed by atoms with Gasteiger partial charge < -0.3 is 15.6 Å². The lowest BCUT2D eigenvalue weighted by molar-refractivity contribution is 0.281. The maximum Gasteiger partial charge on any atom is 0.191 e. The quantitative estimate of drug-likeness (QED) is 0.579. The number of nitrogens with one attached hydrogen (secondary N) is 1. The van der Waals surface area contributed by atoms with Crippen molar-refractivity contribution in [2.75, 3.05) is 13.1 Å². The number of nitrogens with two attached hydrogens (primary N) is 1. The molecule has 2 rings (SSSR count). The number of aliphatic imine (C=N–C) groups is 1. The second kappa shape index (κ2) is 4.55. The van der Waals surface area contributed by atoms with E-state index >= 15 is 0 Å². The first kappa shape index (κ1) is 11.0. The largest absolute Gasteiger partial charge is 0.370 e. The molecule has 0 saturated heterocycles. The molecule has 2 heterocycles. The molecule has 5 nitrogen and oxygen atoms in total. The van der Waals surface area contributed by atoms with Gasteiger partial charge in [0, 0.05) is 25.2 Å². The fraction of sp³-hybridized carbons (Fsp3) is 0.636. The molecule has 0 saturated carbocycles. The Labute approximate surface area is 95.8 Å². The summed E-state index contributed by atoms with van der Waals surface area (Å²) in [4.78, 5) is 14.0. The zero-order valence-corrected chi connectivity index (χ0v) is 9.90. The summed E-state index contributed by atoms with van der Waals surface area (Å²) in [6, 6.07) is 0.269. The van der Waals surface area contributed by atoms with E-state index in [2.05, 4.69) is 26.8 Å². The average Bonchev–Trinajstić information content (AvgIpc) is 2.75. The number of H-pyrrole nitrogens is 1. The van der Waals surface area contributed by atoms with Gasteiger partial charge in [-0.3, -0.25) is 4.99 Å². The first-order chi connectivity index (χ1) is 7.77. The third-order valence-corrected chi connectivity index (χ3v) is 3.05. The van der Waals surface area contributed by atoms with E-state index in [4.69, 9.17) is 5.73 Å². The van der Waals surface area contributed by atoms with Gasteiger partial charge in [-0.05, 0) is 13.3 Å². The maximum atomic E-state index is 5.99. The highest BCUT2D eigenvalue weighted by Gasteiger charge is 2.29. The monoisotopic (exact) mass is 221 g/mol. The van der Waals surface area contributed by atoms with Crippen molar-refractivity contribution in [2.45, 2.75) is 32.7 Å². The van der Waals surface area contributed by atoms with Crippen LogP contribution in [0.3, 0.4) is 0 Å². The predicted octanol–water partition coefficient (Wildman–Crippen LogP) is 1.05. The van der Waals surface area contributed by atoms with E-state index in [9.17, 15) is 0 Å². The zero-order chi connectivity index (χ0) is 11.5. The molecule has 1 aliphatic heterocycles. The van der Waals surface area contributed by atoms with Crippen molar-refractivity contribution >= 4 is 5.96 Å². The van der Waals surface area contributed by atoms with Crippen molar-refractivity contribution in [3.63, 3.8) is 0 Å². The molecule has 3 N–H and O–H groups in total. The van der Waals surface area contributed by atoms with E-state index in [0.29, 0.717) is 5.96 Å². The van der Waals surface area contributed by atoms with Crippen LogP contribution >= 0.6 is 0 Å². The topological polar surface area (TPSA) is 70.3 Å². The molecule has 1 unspecified atom stereocenters. The lowest BCUT2D eigenvalue weighted by Crippen LogP contribution is -2.44. The molecule has 1 aliphatic rings. The van der Waals surface area contributed by atoms with E-state index in [1.54, 1.807) is 6.33 Å². The Hall–Kier alpha value is -1.52. The van der Waals surface area contributed by atoms with Gasteiger partial charge in [0.25, 0.3) is 0 Å². The first-order valence-corrected chi connectivity index (χ1v) is 5.86. The second-order valence-corrected chi connectivity index (χ2v) is 3.97. The van der Waals surface area contributed by atoms with Crippen molar-refractivity contribution in [1.82, 2.24) is 14.9 Å². The highest BCUT2D eigenvalue weighted by molar-refractivity contribution is 5.78. The van der Waals surface area contributed by atoms with Crippen LogP contribution in [0.5, 0.6) is 0 Å². The average molecular weight is 221 g/mol. The van der Waals surface area contributed by atoms with Crippen LogP contribution in [-0.2, 0) is 6.42 Å². The highest BCUT2D eigenvalue weighted by atomic mass is 15.3. The van der Waals surface area contributed by atoms with Gasteiger partial charge in [0.15, 0.2) is 5.96 Å². The van der Waals surface area contributed by atoms with Gasteiger partial charge in [0.2, 0.25) is 0 Å². The van der Waals surface area contributed by atoms with Crippen molar-refractivity contribution in [1.29, 1.82) is 0 Å². The molecule has 0 radical (unpaired) electrons. The van der Waals surface area contributed by atoms with Gasteiger partial charge in [0.05, 0.1) is 18.1 Å². The summed E-state index contributed by atoms with van der Waals surface area (Å²) in [6.07, 6.45) is 3.73. The maximum absolute atomic E-state index is 5.99. The number of rotatable bonds is 2. The molecular formula is C11H19N5. The molecule has 1 aromatic heterocycles. The van der Waals surface area contributed by atoms with Crippen molar-refractivity contribution in [2.24, 2.45) is 10.7 Å². The van der Waals surface area contributed by atoms with Crippen LogP contribution in [0.1, 0.15) is 37.7 Å². The molecule has 0 aromatic carbocycles. The lowest BCUT2D eigenvalue weighted by atomic mass is 10.0. The Morgan fingerprint density at radius 2 is 2.50 bits per heavy atom. The molecule has 0 aliphatic carbocycles. The van der Waals surface area contributed by atoms with Gasteiger partial charge in [-0.25, -0.2) is 4.98 Å². The van der Waals surface area contributed by atoms with E-state index in [1.165, 1.54) is 5.69 Å². The van der Waals surface area contributed by atoms with Crippen LogP contribution < -0.4 is 5.73 Å². The molecule has 0 spiro atoms. The summed E-state index contributed by atoms with van der Waals surface area (Å²) in [5.41, 5.74) is 8.36. The van der Waals surface area contributed by atoms with Crippen LogP contribution in [0.25, 0.3) is 0 Å². The van der Waals surface area contributed by atoms with Crippen LogP contribution in [0, 0.1) is 0 Å². The summed E-state index contributed by atoms with van der Waals surface area (Å²) in [7, 11) is 0. The molecule has 1 atom stereocenters. The zero-order valence-electron chi connectivity index (χ0n) is 9.90. The summed E-state index contributed by atoms with van der Waals surface area (Å²) in [6.45, 7) is 5.80. The Morgan fingerprint density at radius 1 is 1.69 bits per heavy atom. The molecule has 88 valence electrons. The molecule has 0 fully saturated rings. The predicted molar refractivity (Wildman–Crippen MR) is 64.2 cm³/mol. The number of aromatic amines is 1. The van der Waals surface area contributed by atoms with E-state index in [-0.39, 0.29) is 6.04 Å². The summed E-state index contributed by atoms with van der Waals surface area (Å²) in [5.74, 6) is 0.642. The van der Waals surface area contributed by atoms with Crippen molar-refractivity contribution in [3.8, 4) is 0 Å². The SMILES string of the molecule is CCN=C(N)N1CCc2[nH]cnc2C1CC.